The minimum Gasteiger partial charge on any atom is -0.368 e. The van der Waals surface area contributed by atoms with Gasteiger partial charge >= 0.3 is 6.03 Å². The summed E-state index contributed by atoms with van der Waals surface area (Å²) in [5, 5.41) is 2.59. The number of carbonyl (C=O) groups excluding carboxylic acids is 3. The van der Waals surface area contributed by atoms with Gasteiger partial charge in [0.1, 0.15) is 11.7 Å². The molecule has 0 saturated carbocycles. The number of imide groups is 1. The van der Waals surface area contributed by atoms with E-state index in [1.54, 1.807) is 17.0 Å². The molecule has 9 heteroatoms. The number of rotatable bonds is 2. The molecule has 0 spiro atoms. The minimum absolute atomic E-state index is 0.0224. The van der Waals surface area contributed by atoms with Gasteiger partial charge in [-0.3, -0.25) is 14.5 Å². The fourth-order valence-corrected chi connectivity index (χ4v) is 3.18. The number of hydrogen-bond acceptors (Lipinski definition) is 4. The van der Waals surface area contributed by atoms with Crippen LogP contribution in [0.2, 0.25) is 5.02 Å². The highest BCUT2D eigenvalue weighted by atomic mass is 35.5. The predicted octanol–water partition coefficient (Wildman–Crippen LogP) is 0.926. The molecule has 1 unspecified atom stereocenters. The fourth-order valence-electron chi connectivity index (χ4n) is 3.01. The molecule has 1 atom stereocenters. The summed E-state index contributed by atoms with van der Waals surface area (Å²) in [7, 11) is 1.35. The Labute approximate surface area is 149 Å². The summed E-state index contributed by atoms with van der Waals surface area (Å²) in [6.07, 6.45) is 0. The van der Waals surface area contributed by atoms with Gasteiger partial charge in [-0.15, -0.1) is 0 Å². The van der Waals surface area contributed by atoms with Crippen LogP contribution in [0.4, 0.5) is 14.9 Å². The zero-order chi connectivity index (χ0) is 18.1. The van der Waals surface area contributed by atoms with E-state index in [0.29, 0.717) is 26.2 Å². The van der Waals surface area contributed by atoms with Gasteiger partial charge in [0, 0.05) is 45.5 Å². The molecular formula is C16H18ClFN4O3. The van der Waals surface area contributed by atoms with Crippen molar-refractivity contribution in [3.8, 4) is 0 Å². The van der Waals surface area contributed by atoms with Crippen molar-refractivity contribution < 1.29 is 18.8 Å². The third-order valence-electron chi connectivity index (χ3n) is 4.55. The summed E-state index contributed by atoms with van der Waals surface area (Å²) in [5.41, 5.74) is 0.791. The Bertz CT molecular complexity index is 721. The number of nitrogens with one attached hydrogen (secondary N) is 1. The normalized spacial score (nSPS) is 21.4. The van der Waals surface area contributed by atoms with Crippen LogP contribution < -0.4 is 10.2 Å². The highest BCUT2D eigenvalue weighted by Crippen LogP contribution is 2.24. The SMILES string of the molecule is CN1C(=O)NCC(C(=O)N2CCN(c3ccc(F)c(Cl)c3)CC2)C1=O. The van der Waals surface area contributed by atoms with Gasteiger partial charge in [0.2, 0.25) is 11.8 Å². The summed E-state index contributed by atoms with van der Waals surface area (Å²) < 4.78 is 13.3. The van der Waals surface area contributed by atoms with E-state index in [-0.39, 0.29) is 17.5 Å². The number of piperazine rings is 1. The fraction of sp³-hybridized carbons (Fsp3) is 0.438. The Morgan fingerprint density at radius 1 is 1.24 bits per heavy atom. The van der Waals surface area contributed by atoms with Gasteiger partial charge in [0.15, 0.2) is 0 Å². The molecule has 2 aliphatic rings. The molecule has 2 heterocycles. The first-order valence-corrected chi connectivity index (χ1v) is 8.30. The average molecular weight is 369 g/mol. The number of anilines is 1. The number of carbonyl (C=O) groups is 3. The lowest BCUT2D eigenvalue weighted by Crippen LogP contribution is -2.59. The largest absolute Gasteiger partial charge is 0.368 e. The van der Waals surface area contributed by atoms with Crippen LogP contribution in [-0.2, 0) is 9.59 Å². The van der Waals surface area contributed by atoms with Gasteiger partial charge in [-0.05, 0) is 18.2 Å². The predicted molar refractivity (Wildman–Crippen MR) is 89.9 cm³/mol. The van der Waals surface area contributed by atoms with Gasteiger partial charge in [0.25, 0.3) is 0 Å². The Kier molecular flexibility index (Phi) is 4.80. The number of hydrogen-bond donors (Lipinski definition) is 1. The molecule has 1 aromatic rings. The maximum atomic E-state index is 13.3. The van der Waals surface area contributed by atoms with Crippen molar-refractivity contribution in [1.29, 1.82) is 0 Å². The standard InChI is InChI=1S/C16H18ClFN4O3/c1-20-14(23)11(9-19-16(20)25)15(24)22-6-4-21(5-7-22)10-2-3-13(18)12(17)8-10/h2-3,8,11H,4-7,9H2,1H3,(H,19,25). The second-order valence-electron chi connectivity index (χ2n) is 6.05. The maximum absolute atomic E-state index is 13.3. The molecule has 25 heavy (non-hydrogen) atoms. The number of nitrogens with zero attached hydrogens (tertiary/aromatic N) is 3. The first-order chi connectivity index (χ1) is 11.9. The van der Waals surface area contributed by atoms with Crippen LogP contribution in [0.25, 0.3) is 0 Å². The van der Waals surface area contributed by atoms with E-state index in [1.165, 1.54) is 13.1 Å². The van der Waals surface area contributed by atoms with Gasteiger partial charge in [-0.25, -0.2) is 9.18 Å². The van der Waals surface area contributed by atoms with Crippen LogP contribution in [0.5, 0.6) is 0 Å². The van der Waals surface area contributed by atoms with Crippen molar-refractivity contribution in [3.63, 3.8) is 0 Å². The van der Waals surface area contributed by atoms with E-state index in [0.717, 1.165) is 10.6 Å². The summed E-state index contributed by atoms with van der Waals surface area (Å²) in [5.74, 6) is -2.12. The summed E-state index contributed by atoms with van der Waals surface area (Å²) in [6, 6.07) is 4.03. The molecule has 4 amide bonds. The Balaban J connectivity index is 1.62. The molecule has 2 fully saturated rings. The van der Waals surface area contributed by atoms with Crippen molar-refractivity contribution in [3.05, 3.63) is 29.0 Å². The molecule has 134 valence electrons. The number of halogens is 2. The molecule has 1 aromatic carbocycles. The van der Waals surface area contributed by atoms with Crippen LogP contribution in [0, 0.1) is 11.7 Å². The smallest absolute Gasteiger partial charge is 0.323 e. The Morgan fingerprint density at radius 3 is 2.56 bits per heavy atom. The number of urea groups is 1. The molecule has 0 aliphatic carbocycles. The van der Waals surface area contributed by atoms with Gasteiger partial charge < -0.3 is 15.1 Å². The van der Waals surface area contributed by atoms with Gasteiger partial charge in [-0.1, -0.05) is 11.6 Å². The van der Waals surface area contributed by atoms with E-state index in [4.69, 9.17) is 11.6 Å². The van der Waals surface area contributed by atoms with E-state index in [2.05, 4.69) is 5.32 Å². The molecule has 7 nitrogen and oxygen atoms in total. The molecule has 1 N–H and O–H groups in total. The molecule has 0 aromatic heterocycles. The quantitative estimate of drug-likeness (QED) is 0.788. The molecule has 0 radical (unpaired) electrons. The first-order valence-electron chi connectivity index (χ1n) is 7.92. The lowest BCUT2D eigenvalue weighted by Gasteiger charge is -2.38. The molecule has 2 aliphatic heterocycles. The van der Waals surface area contributed by atoms with E-state index >= 15 is 0 Å². The van der Waals surface area contributed by atoms with Crippen molar-refractivity contribution in [2.45, 2.75) is 0 Å². The molecule has 0 bridgehead atoms. The van der Waals surface area contributed by atoms with Crippen molar-refractivity contribution in [1.82, 2.24) is 15.1 Å². The Hall–Kier alpha value is -2.35. The van der Waals surface area contributed by atoms with Crippen molar-refractivity contribution >= 4 is 35.1 Å². The highest BCUT2D eigenvalue weighted by molar-refractivity contribution is 6.31. The van der Waals surface area contributed by atoms with Crippen molar-refractivity contribution in [2.24, 2.45) is 5.92 Å². The monoisotopic (exact) mass is 368 g/mol. The average Bonchev–Trinajstić information content (AvgIpc) is 2.62. The molecule has 3 rings (SSSR count). The highest BCUT2D eigenvalue weighted by Gasteiger charge is 2.39. The van der Waals surface area contributed by atoms with Crippen LogP contribution in [-0.4, -0.2) is 67.4 Å². The first kappa shape index (κ1) is 17.5. The van der Waals surface area contributed by atoms with E-state index in [1.807, 2.05) is 4.90 Å². The molecule has 2 saturated heterocycles. The topological polar surface area (TPSA) is 73.0 Å². The number of amides is 4. The maximum Gasteiger partial charge on any atom is 0.323 e. The lowest BCUT2D eigenvalue weighted by molar-refractivity contribution is -0.146. The zero-order valence-corrected chi connectivity index (χ0v) is 14.4. The second-order valence-corrected chi connectivity index (χ2v) is 6.45. The number of benzene rings is 1. The van der Waals surface area contributed by atoms with E-state index in [9.17, 15) is 18.8 Å². The third-order valence-corrected chi connectivity index (χ3v) is 4.84. The van der Waals surface area contributed by atoms with Crippen LogP contribution in [0.3, 0.4) is 0 Å². The summed E-state index contributed by atoms with van der Waals surface area (Å²) >= 11 is 5.81. The van der Waals surface area contributed by atoms with Gasteiger partial charge in [0.05, 0.1) is 5.02 Å². The minimum atomic E-state index is -0.880. The Morgan fingerprint density at radius 2 is 1.92 bits per heavy atom. The zero-order valence-electron chi connectivity index (χ0n) is 13.7. The lowest BCUT2D eigenvalue weighted by atomic mass is 10.0. The van der Waals surface area contributed by atoms with Crippen LogP contribution in [0.1, 0.15) is 0 Å². The third kappa shape index (κ3) is 3.39. The second kappa shape index (κ2) is 6.87. The summed E-state index contributed by atoms with van der Waals surface area (Å²) in [4.78, 5) is 40.7. The van der Waals surface area contributed by atoms with Gasteiger partial charge in [-0.2, -0.15) is 0 Å². The molecular weight excluding hydrogens is 351 g/mol. The summed E-state index contributed by atoms with van der Waals surface area (Å²) in [6.45, 7) is 2.01. The van der Waals surface area contributed by atoms with E-state index < -0.39 is 23.7 Å². The van der Waals surface area contributed by atoms with Crippen molar-refractivity contribution in [2.75, 3.05) is 44.7 Å². The van der Waals surface area contributed by atoms with Crippen LogP contribution >= 0.6 is 11.6 Å². The van der Waals surface area contributed by atoms with Crippen LogP contribution in [0.15, 0.2) is 18.2 Å².